The highest BCUT2D eigenvalue weighted by molar-refractivity contribution is 7.93. The molecule has 2 atom stereocenters. The second-order valence-corrected chi connectivity index (χ2v) is 7.49. The zero-order valence-corrected chi connectivity index (χ0v) is 9.89. The Kier molecular flexibility index (Phi) is 2.39. The lowest BCUT2D eigenvalue weighted by Gasteiger charge is -2.50. The zero-order chi connectivity index (χ0) is 10.4. The summed E-state index contributed by atoms with van der Waals surface area (Å²) in [6.07, 6.45) is 3.85. The highest BCUT2D eigenvalue weighted by Crippen LogP contribution is 2.33. The summed E-state index contributed by atoms with van der Waals surface area (Å²) < 4.78 is 23.8. The average molecular weight is 218 g/mol. The number of hydrogen-bond acceptors (Lipinski definition) is 2. The van der Waals surface area contributed by atoms with Gasteiger partial charge in [0.05, 0.1) is 20.1 Å². The predicted molar refractivity (Wildman–Crippen MR) is 56.8 cm³/mol. The first-order chi connectivity index (χ1) is 6.46. The zero-order valence-electron chi connectivity index (χ0n) is 9.07. The van der Waals surface area contributed by atoms with E-state index in [0.29, 0.717) is 11.8 Å². The van der Waals surface area contributed by atoms with Crippen molar-refractivity contribution < 1.29 is 12.9 Å². The number of rotatable bonds is 1. The molecule has 0 bridgehead atoms. The average Bonchev–Trinajstić information content (AvgIpc) is 2.15. The Morgan fingerprint density at radius 3 is 2.14 bits per heavy atom. The van der Waals surface area contributed by atoms with Crippen LogP contribution < -0.4 is 0 Å². The molecule has 0 aromatic carbocycles. The van der Waals surface area contributed by atoms with Crippen molar-refractivity contribution in [1.82, 2.24) is 0 Å². The Morgan fingerprint density at radius 2 is 1.71 bits per heavy atom. The van der Waals surface area contributed by atoms with Crippen molar-refractivity contribution in [3.8, 4) is 0 Å². The minimum atomic E-state index is -2.71. The van der Waals surface area contributed by atoms with Gasteiger partial charge in [-0.15, -0.1) is 0 Å². The summed E-state index contributed by atoms with van der Waals surface area (Å²) in [7, 11) is -0.481. The highest BCUT2D eigenvalue weighted by Gasteiger charge is 2.53. The van der Waals surface area contributed by atoms with Crippen LogP contribution in [0.4, 0.5) is 0 Å². The van der Waals surface area contributed by atoms with E-state index in [1.165, 1.54) is 32.4 Å². The molecule has 0 saturated carbocycles. The van der Waals surface area contributed by atoms with Crippen LogP contribution in [-0.2, 0) is 9.84 Å². The summed E-state index contributed by atoms with van der Waals surface area (Å²) in [4.78, 5) is 0. The van der Waals surface area contributed by atoms with Crippen LogP contribution in [-0.4, -0.2) is 50.1 Å². The van der Waals surface area contributed by atoms with Gasteiger partial charge in [-0.2, -0.15) is 0 Å². The van der Waals surface area contributed by atoms with Crippen LogP contribution >= 0.6 is 0 Å². The van der Waals surface area contributed by atoms with E-state index < -0.39 is 9.84 Å². The van der Waals surface area contributed by atoms with E-state index in [-0.39, 0.29) is 5.25 Å². The lowest BCUT2D eigenvalue weighted by Crippen LogP contribution is -2.68. The molecule has 3 nitrogen and oxygen atoms in total. The fraction of sp³-hybridized carbons (Fsp3) is 1.00. The Balaban J connectivity index is 2.09. The van der Waals surface area contributed by atoms with Gasteiger partial charge in [-0.25, -0.2) is 8.42 Å². The maximum atomic E-state index is 11.4. The van der Waals surface area contributed by atoms with Gasteiger partial charge in [0.1, 0.15) is 17.0 Å². The summed E-state index contributed by atoms with van der Waals surface area (Å²) in [6.45, 7) is 4.22. The normalized spacial score (nSPS) is 40.1. The summed E-state index contributed by atoms with van der Waals surface area (Å²) in [6, 6.07) is 0.375. The lowest BCUT2D eigenvalue weighted by atomic mass is 10.0. The molecule has 2 heterocycles. The molecule has 0 amide bonds. The van der Waals surface area contributed by atoms with Crippen LogP contribution in [0.1, 0.15) is 26.2 Å². The lowest BCUT2D eigenvalue weighted by molar-refractivity contribution is -0.936. The van der Waals surface area contributed by atoms with Crippen LogP contribution in [0.25, 0.3) is 0 Å². The minimum Gasteiger partial charge on any atom is -0.322 e. The van der Waals surface area contributed by atoms with Crippen LogP contribution in [0.5, 0.6) is 0 Å². The van der Waals surface area contributed by atoms with Crippen LogP contribution in [0.3, 0.4) is 0 Å². The van der Waals surface area contributed by atoms with Crippen LogP contribution in [0.2, 0.25) is 0 Å². The minimum absolute atomic E-state index is 0.106. The van der Waals surface area contributed by atoms with Gasteiger partial charge >= 0.3 is 0 Å². The van der Waals surface area contributed by atoms with Crippen molar-refractivity contribution in [2.45, 2.75) is 37.5 Å². The van der Waals surface area contributed by atoms with Gasteiger partial charge in [0.2, 0.25) is 0 Å². The molecule has 0 N–H and O–H groups in total. The summed E-state index contributed by atoms with van der Waals surface area (Å²) in [5.41, 5.74) is 0. The maximum absolute atomic E-state index is 11.4. The quantitative estimate of drug-likeness (QED) is 0.610. The third kappa shape index (κ3) is 1.48. The van der Waals surface area contributed by atoms with Crippen molar-refractivity contribution in [2.24, 2.45) is 0 Å². The van der Waals surface area contributed by atoms with Gasteiger partial charge in [-0.05, 0) is 26.2 Å². The Hall–Kier alpha value is -0.0900. The van der Waals surface area contributed by atoms with E-state index in [1.807, 2.05) is 6.92 Å². The van der Waals surface area contributed by atoms with Gasteiger partial charge in [-0.1, -0.05) is 0 Å². The van der Waals surface area contributed by atoms with Gasteiger partial charge < -0.3 is 4.48 Å². The second kappa shape index (κ2) is 3.20. The SMILES string of the molecule is CC1C([N+]2(C)CCCCC2)CS1(=O)=O. The molecule has 2 aliphatic heterocycles. The standard InChI is InChI=1S/C10H20NO2S/c1-9-10(8-14(9,12)13)11(2)6-4-3-5-7-11/h9-10H,3-8H2,1-2H3/q+1. The van der Waals surface area contributed by atoms with E-state index in [9.17, 15) is 8.42 Å². The van der Waals surface area contributed by atoms with E-state index >= 15 is 0 Å². The molecule has 0 aliphatic carbocycles. The number of hydrogen-bond donors (Lipinski definition) is 0. The van der Waals surface area contributed by atoms with Crippen molar-refractivity contribution in [1.29, 1.82) is 0 Å². The van der Waals surface area contributed by atoms with Crippen molar-refractivity contribution >= 4 is 9.84 Å². The van der Waals surface area contributed by atoms with Gasteiger partial charge in [0, 0.05) is 0 Å². The second-order valence-electron chi connectivity index (χ2n) is 5.09. The molecule has 4 heteroatoms. The maximum Gasteiger partial charge on any atom is 0.164 e. The first-order valence-electron chi connectivity index (χ1n) is 5.51. The molecule has 14 heavy (non-hydrogen) atoms. The molecule has 2 aliphatic rings. The fourth-order valence-corrected chi connectivity index (χ4v) is 4.83. The van der Waals surface area contributed by atoms with E-state index in [4.69, 9.17) is 0 Å². The first-order valence-corrected chi connectivity index (χ1v) is 7.23. The molecule has 2 rings (SSSR count). The number of piperidine rings is 1. The Labute approximate surface area is 86.6 Å². The highest BCUT2D eigenvalue weighted by atomic mass is 32.2. The topological polar surface area (TPSA) is 34.1 Å². The van der Waals surface area contributed by atoms with Crippen LogP contribution in [0.15, 0.2) is 0 Å². The fourth-order valence-electron chi connectivity index (χ4n) is 2.90. The third-order valence-corrected chi connectivity index (χ3v) is 6.40. The third-order valence-electron chi connectivity index (χ3n) is 4.15. The first kappa shape index (κ1) is 10.4. The molecular formula is C10H20NO2S+. The Morgan fingerprint density at radius 1 is 1.14 bits per heavy atom. The molecule has 0 spiro atoms. The van der Waals surface area contributed by atoms with Crippen molar-refractivity contribution in [2.75, 3.05) is 25.9 Å². The monoisotopic (exact) mass is 218 g/mol. The van der Waals surface area contributed by atoms with Gasteiger partial charge in [-0.3, -0.25) is 0 Å². The van der Waals surface area contributed by atoms with Crippen molar-refractivity contribution in [3.05, 3.63) is 0 Å². The number of sulfone groups is 1. The Bertz CT molecular complexity index is 317. The van der Waals surface area contributed by atoms with E-state index in [0.717, 1.165) is 4.48 Å². The predicted octanol–water partition coefficient (Wildman–Crippen LogP) is 0.802. The smallest absolute Gasteiger partial charge is 0.164 e. The molecule has 2 unspecified atom stereocenters. The number of nitrogens with zero attached hydrogens (tertiary/aromatic N) is 1. The molecule has 82 valence electrons. The summed E-state index contributed by atoms with van der Waals surface area (Å²) >= 11 is 0. The number of likely N-dealkylation sites (tertiary alicyclic amines) is 1. The molecule has 2 fully saturated rings. The number of quaternary nitrogens is 1. The van der Waals surface area contributed by atoms with Gasteiger partial charge in [0.15, 0.2) is 9.84 Å². The summed E-state index contributed by atoms with van der Waals surface area (Å²) in [5, 5.41) is -0.106. The molecule has 0 radical (unpaired) electrons. The summed E-state index contributed by atoms with van der Waals surface area (Å²) in [5.74, 6) is 0.421. The van der Waals surface area contributed by atoms with Crippen molar-refractivity contribution in [3.63, 3.8) is 0 Å². The molecular weight excluding hydrogens is 198 g/mol. The molecule has 0 aromatic rings. The molecule has 0 aromatic heterocycles. The van der Waals surface area contributed by atoms with E-state index in [1.54, 1.807) is 0 Å². The molecule has 2 saturated heterocycles. The van der Waals surface area contributed by atoms with E-state index in [2.05, 4.69) is 7.05 Å². The largest absolute Gasteiger partial charge is 0.322 e. The van der Waals surface area contributed by atoms with Crippen LogP contribution in [0, 0.1) is 0 Å². The van der Waals surface area contributed by atoms with Gasteiger partial charge in [0.25, 0.3) is 0 Å².